The molecule has 0 unspecified atom stereocenters. The van der Waals surface area contributed by atoms with E-state index in [4.69, 9.17) is 0 Å². The zero-order chi connectivity index (χ0) is 14.9. The van der Waals surface area contributed by atoms with E-state index >= 15 is 0 Å². The van der Waals surface area contributed by atoms with E-state index in [-0.39, 0.29) is 6.03 Å². The van der Waals surface area contributed by atoms with Crippen molar-refractivity contribution >= 4 is 6.03 Å². The first kappa shape index (κ1) is 15.6. The number of hydrogen-bond donors (Lipinski definition) is 2. The first-order valence-electron chi connectivity index (χ1n) is 8.00. The zero-order valence-corrected chi connectivity index (χ0v) is 12.9. The molecule has 0 atom stereocenters. The maximum Gasteiger partial charge on any atom is 0.318 e. The van der Waals surface area contributed by atoms with Gasteiger partial charge < -0.3 is 10.6 Å². The third kappa shape index (κ3) is 5.62. The normalized spacial score (nSPS) is 16.0. The molecule has 1 aromatic carbocycles. The van der Waals surface area contributed by atoms with Crippen LogP contribution in [-0.4, -0.2) is 12.6 Å². The second-order valence-corrected chi connectivity index (χ2v) is 5.86. The summed E-state index contributed by atoms with van der Waals surface area (Å²) in [6.07, 6.45) is 9.01. The van der Waals surface area contributed by atoms with Crippen LogP contribution < -0.4 is 10.6 Å². The Morgan fingerprint density at radius 1 is 1.24 bits per heavy atom. The number of hydrogen-bond acceptors (Lipinski definition) is 1. The molecule has 3 nitrogen and oxygen atoms in total. The van der Waals surface area contributed by atoms with Crippen LogP contribution in [0.25, 0.3) is 0 Å². The number of aryl methyl sites for hydroxylation is 1. The molecule has 114 valence electrons. The second kappa shape index (κ2) is 8.50. The second-order valence-electron chi connectivity index (χ2n) is 5.86. The van der Waals surface area contributed by atoms with Crippen LogP contribution in [0.1, 0.15) is 44.6 Å². The minimum Gasteiger partial charge on any atom is -0.338 e. The highest BCUT2D eigenvalue weighted by atomic mass is 16.2. The molecule has 2 rings (SSSR count). The Bertz CT molecular complexity index is 461. The van der Waals surface area contributed by atoms with Gasteiger partial charge in [0.05, 0.1) is 0 Å². The van der Waals surface area contributed by atoms with E-state index in [0.29, 0.717) is 12.5 Å². The first-order valence-corrected chi connectivity index (χ1v) is 8.00. The average Bonchev–Trinajstić information content (AvgIpc) is 3.05. The van der Waals surface area contributed by atoms with Gasteiger partial charge in [0.15, 0.2) is 0 Å². The molecule has 2 N–H and O–H groups in total. The summed E-state index contributed by atoms with van der Waals surface area (Å²) in [7, 11) is 0. The molecule has 21 heavy (non-hydrogen) atoms. The van der Waals surface area contributed by atoms with Crippen molar-refractivity contribution in [1.29, 1.82) is 0 Å². The summed E-state index contributed by atoms with van der Waals surface area (Å²) in [5, 5.41) is 5.75. The van der Waals surface area contributed by atoms with Crippen molar-refractivity contribution in [2.24, 2.45) is 5.92 Å². The van der Waals surface area contributed by atoms with Gasteiger partial charge in [-0.05, 0) is 44.1 Å². The smallest absolute Gasteiger partial charge is 0.318 e. The third-order valence-electron chi connectivity index (χ3n) is 4.20. The number of allylic oxidation sites excluding steroid dienone is 1. The summed E-state index contributed by atoms with van der Waals surface area (Å²) in [5.74, 6) is 0.670. The van der Waals surface area contributed by atoms with Crippen molar-refractivity contribution in [1.82, 2.24) is 10.6 Å². The monoisotopic (exact) mass is 286 g/mol. The van der Waals surface area contributed by atoms with Gasteiger partial charge in [0, 0.05) is 12.7 Å². The van der Waals surface area contributed by atoms with Gasteiger partial charge in [-0.3, -0.25) is 0 Å². The third-order valence-corrected chi connectivity index (χ3v) is 4.20. The number of carbonyl (C=O) groups is 1. The van der Waals surface area contributed by atoms with Gasteiger partial charge in [0.1, 0.15) is 0 Å². The predicted octanol–water partition coefficient (Wildman–Crippen LogP) is 4.01. The number of carbonyl (C=O) groups excluding carboxylic acids is 1. The van der Waals surface area contributed by atoms with Crippen molar-refractivity contribution < 1.29 is 4.79 Å². The summed E-state index contributed by atoms with van der Waals surface area (Å²) in [4.78, 5) is 11.7. The van der Waals surface area contributed by atoms with Crippen LogP contribution in [0.2, 0.25) is 0 Å². The standard InChI is InChI=1S/C18H26N2O/c1-15(17-11-5-6-12-17)14-20-18(21)19-13-7-10-16-8-3-2-4-9-16/h2-4,8-9,14,17H,5-7,10-13H2,1H3,(H2,19,20,21)/b15-14+. The van der Waals surface area contributed by atoms with Gasteiger partial charge in [0.2, 0.25) is 0 Å². The number of rotatable bonds is 6. The van der Waals surface area contributed by atoms with Crippen LogP contribution in [0, 0.1) is 5.92 Å². The highest BCUT2D eigenvalue weighted by Gasteiger charge is 2.16. The number of benzene rings is 1. The lowest BCUT2D eigenvalue weighted by Gasteiger charge is -2.10. The summed E-state index contributed by atoms with van der Waals surface area (Å²) >= 11 is 0. The summed E-state index contributed by atoms with van der Waals surface area (Å²) in [5.41, 5.74) is 2.61. The van der Waals surface area contributed by atoms with Crippen LogP contribution >= 0.6 is 0 Å². The Morgan fingerprint density at radius 3 is 2.67 bits per heavy atom. The molecule has 2 amide bonds. The van der Waals surface area contributed by atoms with E-state index in [0.717, 1.165) is 12.8 Å². The van der Waals surface area contributed by atoms with Crippen molar-refractivity contribution in [3.05, 3.63) is 47.7 Å². The maximum atomic E-state index is 11.7. The van der Waals surface area contributed by atoms with Gasteiger partial charge in [0.25, 0.3) is 0 Å². The Kier molecular flexibility index (Phi) is 6.32. The fourth-order valence-corrected chi connectivity index (χ4v) is 2.87. The molecule has 0 bridgehead atoms. The number of nitrogens with one attached hydrogen (secondary N) is 2. The molecule has 1 aliphatic rings. The Hall–Kier alpha value is -1.77. The fraction of sp³-hybridized carbons (Fsp3) is 0.500. The predicted molar refractivity (Wildman–Crippen MR) is 87.0 cm³/mol. The van der Waals surface area contributed by atoms with E-state index in [1.165, 1.54) is 36.8 Å². The SMILES string of the molecule is C/C(=C\NC(=O)NCCCc1ccccc1)C1CCCC1. The van der Waals surface area contributed by atoms with Gasteiger partial charge >= 0.3 is 6.03 Å². The van der Waals surface area contributed by atoms with Crippen molar-refractivity contribution in [2.45, 2.75) is 45.4 Å². The van der Waals surface area contributed by atoms with Gasteiger partial charge in [-0.1, -0.05) is 48.7 Å². The van der Waals surface area contributed by atoms with Crippen LogP contribution in [0.3, 0.4) is 0 Å². The van der Waals surface area contributed by atoms with Crippen molar-refractivity contribution in [2.75, 3.05) is 6.54 Å². The lowest BCUT2D eigenvalue weighted by atomic mass is 10.0. The molecular formula is C18H26N2O. The van der Waals surface area contributed by atoms with Crippen molar-refractivity contribution in [3.8, 4) is 0 Å². The first-order chi connectivity index (χ1) is 10.3. The summed E-state index contributed by atoms with van der Waals surface area (Å²) in [6, 6.07) is 10.3. The molecule has 1 saturated carbocycles. The zero-order valence-electron chi connectivity index (χ0n) is 12.9. The molecule has 1 fully saturated rings. The lowest BCUT2D eigenvalue weighted by molar-refractivity contribution is 0.244. The molecule has 0 aliphatic heterocycles. The van der Waals surface area contributed by atoms with Crippen LogP contribution in [0.4, 0.5) is 4.79 Å². The van der Waals surface area contributed by atoms with Gasteiger partial charge in [-0.25, -0.2) is 4.79 Å². The van der Waals surface area contributed by atoms with Gasteiger partial charge in [-0.2, -0.15) is 0 Å². The fourth-order valence-electron chi connectivity index (χ4n) is 2.87. The lowest BCUT2D eigenvalue weighted by Crippen LogP contribution is -2.33. The minimum absolute atomic E-state index is 0.0968. The largest absolute Gasteiger partial charge is 0.338 e. The quantitative estimate of drug-likeness (QED) is 0.762. The van der Waals surface area contributed by atoms with Crippen LogP contribution in [-0.2, 0) is 6.42 Å². The average molecular weight is 286 g/mol. The highest BCUT2D eigenvalue weighted by molar-refractivity contribution is 5.74. The molecule has 0 radical (unpaired) electrons. The number of urea groups is 1. The highest BCUT2D eigenvalue weighted by Crippen LogP contribution is 2.30. The van der Waals surface area contributed by atoms with E-state index < -0.39 is 0 Å². The molecule has 1 aliphatic carbocycles. The number of amides is 2. The Balaban J connectivity index is 1.60. The van der Waals surface area contributed by atoms with E-state index in [1.807, 2.05) is 24.4 Å². The van der Waals surface area contributed by atoms with Crippen LogP contribution in [0.5, 0.6) is 0 Å². The van der Waals surface area contributed by atoms with E-state index in [2.05, 4.69) is 29.7 Å². The van der Waals surface area contributed by atoms with E-state index in [9.17, 15) is 4.79 Å². The van der Waals surface area contributed by atoms with Crippen molar-refractivity contribution in [3.63, 3.8) is 0 Å². The molecule has 0 heterocycles. The molecule has 0 saturated heterocycles. The molecular weight excluding hydrogens is 260 g/mol. The Morgan fingerprint density at radius 2 is 1.95 bits per heavy atom. The molecule has 1 aromatic rings. The molecule has 0 spiro atoms. The molecule has 3 heteroatoms. The Labute approximate surface area is 127 Å². The van der Waals surface area contributed by atoms with E-state index in [1.54, 1.807) is 0 Å². The summed E-state index contributed by atoms with van der Waals surface area (Å²) < 4.78 is 0. The summed E-state index contributed by atoms with van der Waals surface area (Å²) in [6.45, 7) is 2.82. The minimum atomic E-state index is -0.0968. The topological polar surface area (TPSA) is 41.1 Å². The van der Waals surface area contributed by atoms with Gasteiger partial charge in [-0.15, -0.1) is 0 Å². The molecule has 0 aromatic heterocycles. The van der Waals surface area contributed by atoms with Crippen LogP contribution in [0.15, 0.2) is 42.1 Å². The maximum absolute atomic E-state index is 11.7.